The standard InChI is InChI=1S/C8H6F2N2O4/c1-16-7(15)8(9,10)5-3-11-4(2-12-5)6(13)14/h2-3H,1H3,(H,13,14). The lowest BCUT2D eigenvalue weighted by Crippen LogP contribution is -2.28. The fraction of sp³-hybridized carbons (Fsp3) is 0.250. The second kappa shape index (κ2) is 4.17. The molecule has 1 aromatic rings. The molecule has 86 valence electrons. The van der Waals surface area contributed by atoms with Gasteiger partial charge in [0.2, 0.25) is 0 Å². The summed E-state index contributed by atoms with van der Waals surface area (Å²) in [7, 11) is 0.801. The predicted octanol–water partition coefficient (Wildman–Crippen LogP) is 0.440. The van der Waals surface area contributed by atoms with Crippen molar-refractivity contribution >= 4 is 11.9 Å². The third kappa shape index (κ3) is 2.10. The number of alkyl halides is 2. The van der Waals surface area contributed by atoms with Gasteiger partial charge in [-0.15, -0.1) is 0 Å². The molecule has 0 aliphatic heterocycles. The van der Waals surface area contributed by atoms with Crippen molar-refractivity contribution in [3.05, 3.63) is 23.8 Å². The molecule has 0 fully saturated rings. The van der Waals surface area contributed by atoms with Crippen LogP contribution in [0.4, 0.5) is 8.78 Å². The van der Waals surface area contributed by atoms with Crippen molar-refractivity contribution in [3.63, 3.8) is 0 Å². The van der Waals surface area contributed by atoms with Crippen LogP contribution in [0.5, 0.6) is 0 Å². The summed E-state index contributed by atoms with van der Waals surface area (Å²) >= 11 is 0. The van der Waals surface area contributed by atoms with Crippen LogP contribution in [-0.2, 0) is 15.5 Å². The number of rotatable bonds is 3. The van der Waals surface area contributed by atoms with Crippen LogP contribution in [0.15, 0.2) is 12.4 Å². The molecule has 0 spiro atoms. The van der Waals surface area contributed by atoms with Gasteiger partial charge in [-0.1, -0.05) is 0 Å². The molecule has 1 aromatic heterocycles. The zero-order valence-electron chi connectivity index (χ0n) is 7.98. The maximum absolute atomic E-state index is 13.2. The Morgan fingerprint density at radius 2 is 2.00 bits per heavy atom. The third-order valence-corrected chi connectivity index (χ3v) is 1.63. The number of esters is 1. The van der Waals surface area contributed by atoms with Crippen molar-refractivity contribution in [1.82, 2.24) is 9.97 Å². The summed E-state index contributed by atoms with van der Waals surface area (Å²) in [6.07, 6.45) is 1.15. The van der Waals surface area contributed by atoms with Gasteiger partial charge in [0.1, 0.15) is 5.69 Å². The van der Waals surface area contributed by atoms with Gasteiger partial charge in [-0.25, -0.2) is 14.6 Å². The molecule has 0 bridgehead atoms. The Morgan fingerprint density at radius 1 is 1.38 bits per heavy atom. The van der Waals surface area contributed by atoms with Gasteiger partial charge < -0.3 is 9.84 Å². The number of hydrogen-bond acceptors (Lipinski definition) is 5. The Labute approximate surface area is 87.9 Å². The van der Waals surface area contributed by atoms with Gasteiger partial charge in [0.15, 0.2) is 5.69 Å². The minimum atomic E-state index is -3.95. The number of nitrogens with zero attached hydrogens (tertiary/aromatic N) is 2. The van der Waals surface area contributed by atoms with Crippen molar-refractivity contribution in [3.8, 4) is 0 Å². The number of aromatic carboxylic acids is 1. The lowest BCUT2D eigenvalue weighted by atomic mass is 10.2. The molecule has 0 saturated carbocycles. The van der Waals surface area contributed by atoms with Gasteiger partial charge in [0.25, 0.3) is 0 Å². The topological polar surface area (TPSA) is 89.4 Å². The number of aromatic nitrogens is 2. The molecule has 0 aromatic carbocycles. The van der Waals surface area contributed by atoms with Crippen molar-refractivity contribution in [1.29, 1.82) is 0 Å². The third-order valence-electron chi connectivity index (χ3n) is 1.63. The summed E-state index contributed by atoms with van der Waals surface area (Å²) in [6, 6.07) is 0. The molecule has 1 N–H and O–H groups in total. The van der Waals surface area contributed by atoms with Gasteiger partial charge in [0.05, 0.1) is 19.5 Å². The monoisotopic (exact) mass is 232 g/mol. The van der Waals surface area contributed by atoms with Crippen LogP contribution in [0.2, 0.25) is 0 Å². The lowest BCUT2D eigenvalue weighted by molar-refractivity contribution is -0.170. The Morgan fingerprint density at radius 3 is 2.38 bits per heavy atom. The van der Waals surface area contributed by atoms with Crippen LogP contribution < -0.4 is 0 Å². The fourth-order valence-electron chi connectivity index (χ4n) is 0.833. The van der Waals surface area contributed by atoms with Gasteiger partial charge in [0, 0.05) is 0 Å². The van der Waals surface area contributed by atoms with E-state index in [1.807, 2.05) is 0 Å². The molecule has 0 radical (unpaired) electrons. The van der Waals surface area contributed by atoms with E-state index in [0.29, 0.717) is 12.4 Å². The summed E-state index contributed by atoms with van der Waals surface area (Å²) in [5, 5.41) is 8.45. The van der Waals surface area contributed by atoms with Gasteiger partial charge in [-0.3, -0.25) is 4.98 Å². The summed E-state index contributed by atoms with van der Waals surface area (Å²) in [5.41, 5.74) is -1.46. The van der Waals surface area contributed by atoms with Crippen molar-refractivity contribution in [2.24, 2.45) is 0 Å². The number of carbonyl (C=O) groups excluding carboxylic acids is 1. The summed E-state index contributed by atoms with van der Waals surface area (Å²) in [6.45, 7) is 0. The van der Waals surface area contributed by atoms with E-state index in [4.69, 9.17) is 5.11 Å². The quantitative estimate of drug-likeness (QED) is 0.760. The van der Waals surface area contributed by atoms with E-state index in [1.165, 1.54) is 0 Å². The Kier molecular flexibility index (Phi) is 3.11. The van der Waals surface area contributed by atoms with Crippen molar-refractivity contribution in [2.45, 2.75) is 5.92 Å². The molecule has 0 unspecified atom stereocenters. The van der Waals surface area contributed by atoms with Crippen molar-refractivity contribution in [2.75, 3.05) is 7.11 Å². The molecule has 0 amide bonds. The van der Waals surface area contributed by atoms with E-state index in [9.17, 15) is 18.4 Å². The van der Waals surface area contributed by atoms with E-state index in [2.05, 4.69) is 14.7 Å². The van der Waals surface area contributed by atoms with Crippen LogP contribution in [0, 0.1) is 0 Å². The first-order valence-corrected chi connectivity index (χ1v) is 3.91. The van der Waals surface area contributed by atoms with E-state index >= 15 is 0 Å². The summed E-state index contributed by atoms with van der Waals surface area (Å²) in [4.78, 5) is 27.4. The number of halogens is 2. The minimum absolute atomic E-state index is 0.496. The van der Waals surface area contributed by atoms with Crippen molar-refractivity contribution < 1.29 is 28.2 Å². The molecule has 1 rings (SSSR count). The molecule has 0 aliphatic rings. The van der Waals surface area contributed by atoms with E-state index in [1.54, 1.807) is 0 Å². The Hall–Kier alpha value is -2.12. The average molecular weight is 232 g/mol. The van der Waals surface area contributed by atoms with E-state index in [0.717, 1.165) is 7.11 Å². The first-order chi connectivity index (χ1) is 7.39. The first-order valence-electron chi connectivity index (χ1n) is 3.91. The van der Waals surface area contributed by atoms with Gasteiger partial charge in [-0.2, -0.15) is 8.78 Å². The number of carbonyl (C=O) groups is 2. The van der Waals surface area contributed by atoms with Crippen LogP contribution >= 0.6 is 0 Å². The predicted molar refractivity (Wildman–Crippen MR) is 44.9 cm³/mol. The number of ether oxygens (including phenoxy) is 1. The molecule has 6 nitrogen and oxygen atoms in total. The molecule has 0 aliphatic carbocycles. The summed E-state index contributed by atoms with van der Waals surface area (Å²) < 4.78 is 30.2. The maximum Gasteiger partial charge on any atom is 0.385 e. The van der Waals surface area contributed by atoms with Gasteiger partial charge in [-0.05, 0) is 0 Å². The largest absolute Gasteiger partial charge is 0.476 e. The fourth-order valence-corrected chi connectivity index (χ4v) is 0.833. The molecule has 0 saturated heterocycles. The highest BCUT2D eigenvalue weighted by molar-refractivity contribution is 5.85. The van der Waals surface area contributed by atoms with Gasteiger partial charge >= 0.3 is 17.9 Å². The number of methoxy groups -OCH3 is 1. The highest BCUT2D eigenvalue weighted by Gasteiger charge is 2.44. The molecule has 1 heterocycles. The smallest absolute Gasteiger partial charge is 0.385 e. The minimum Gasteiger partial charge on any atom is -0.476 e. The number of hydrogen-bond donors (Lipinski definition) is 1. The molecule has 16 heavy (non-hydrogen) atoms. The van der Waals surface area contributed by atoms with Crippen LogP contribution in [0.1, 0.15) is 16.2 Å². The van der Waals surface area contributed by atoms with Crippen LogP contribution in [0.3, 0.4) is 0 Å². The summed E-state index contributed by atoms with van der Waals surface area (Å²) in [5.74, 6) is -7.14. The molecule has 0 atom stereocenters. The average Bonchev–Trinajstić information content (AvgIpc) is 2.28. The zero-order valence-corrected chi connectivity index (χ0v) is 7.98. The second-order valence-corrected chi connectivity index (χ2v) is 2.66. The lowest BCUT2D eigenvalue weighted by Gasteiger charge is -2.11. The zero-order chi connectivity index (χ0) is 12.3. The molecule has 8 heteroatoms. The maximum atomic E-state index is 13.2. The molecular formula is C8H6F2N2O4. The van der Waals surface area contributed by atoms with Crippen LogP contribution in [0.25, 0.3) is 0 Å². The molecular weight excluding hydrogens is 226 g/mol. The highest BCUT2D eigenvalue weighted by atomic mass is 19.3. The van der Waals surface area contributed by atoms with E-state index in [-0.39, 0.29) is 0 Å². The normalized spacial score (nSPS) is 10.9. The number of carboxylic acids is 1. The SMILES string of the molecule is COC(=O)C(F)(F)c1cnc(C(=O)O)cn1. The number of carboxylic acid groups (broad SMARTS) is 1. The highest BCUT2D eigenvalue weighted by Crippen LogP contribution is 2.26. The Bertz CT molecular complexity index is 419. The first kappa shape index (κ1) is 12.0. The van der Waals surface area contributed by atoms with Crippen LogP contribution in [-0.4, -0.2) is 34.1 Å². The Balaban J connectivity index is 3.06. The van der Waals surface area contributed by atoms with E-state index < -0.39 is 29.2 Å². The second-order valence-electron chi connectivity index (χ2n) is 2.66.